The summed E-state index contributed by atoms with van der Waals surface area (Å²) in [5, 5.41) is 0. The van der Waals surface area contributed by atoms with Crippen LogP contribution >= 0.6 is 0 Å². The summed E-state index contributed by atoms with van der Waals surface area (Å²) in [6, 6.07) is 0. The van der Waals surface area contributed by atoms with Gasteiger partial charge in [-0.1, -0.05) is 0 Å². The van der Waals surface area contributed by atoms with Crippen LogP contribution in [-0.2, 0) is 27.2 Å². The Hall–Kier alpha value is 1.42. The van der Waals surface area contributed by atoms with E-state index in [-0.39, 0.29) is 55.5 Å². The van der Waals surface area contributed by atoms with Crippen LogP contribution in [0.15, 0.2) is 0 Å². The van der Waals surface area contributed by atoms with E-state index in [4.69, 9.17) is 0 Å². The minimum absolute atomic E-state index is 0. The van der Waals surface area contributed by atoms with Crippen molar-refractivity contribution < 1.29 is 27.2 Å². The molecule has 0 rings (SSSR count). The molecule has 0 unspecified atom stereocenters. The zero-order valence-electron chi connectivity index (χ0n) is 1.99. The average molecular weight is 119 g/mol. The van der Waals surface area contributed by atoms with Crippen molar-refractivity contribution in [2.75, 3.05) is 0 Å². The maximum Gasteiger partial charge on any atom is 0 e. The van der Waals surface area contributed by atoms with Gasteiger partial charge in [0.2, 0.25) is 0 Å². The number of hydrogen-bond acceptors (Lipinski definition) is 0. The van der Waals surface area contributed by atoms with Crippen molar-refractivity contribution >= 4 is 28.3 Å². The van der Waals surface area contributed by atoms with Crippen molar-refractivity contribution in [3.05, 3.63) is 0 Å². The molecule has 4 heavy (non-hydrogen) atoms. The first kappa shape index (κ1) is 52.4. The minimum Gasteiger partial charge on any atom is 0 e. The van der Waals surface area contributed by atoms with Gasteiger partial charge in [0.15, 0.2) is 0 Å². The van der Waals surface area contributed by atoms with E-state index in [1.165, 1.54) is 0 Å². The fourth-order valence-corrected chi connectivity index (χ4v) is 0. The van der Waals surface area contributed by atoms with E-state index in [9.17, 15) is 0 Å². The molecule has 0 amide bonds. The van der Waals surface area contributed by atoms with Gasteiger partial charge in [-0.05, 0) is 0 Å². The minimum atomic E-state index is 0. The maximum absolute atomic E-state index is 0. The second-order valence-electron chi connectivity index (χ2n) is 0. The van der Waals surface area contributed by atoms with E-state index in [1.807, 2.05) is 0 Å². The van der Waals surface area contributed by atoms with Gasteiger partial charge in [0.25, 0.3) is 0 Å². The topological polar surface area (TPSA) is 28.5 Å². The molecule has 0 aromatic rings. The summed E-state index contributed by atoms with van der Waals surface area (Å²) in [4.78, 5) is 0. The molecule has 0 heterocycles. The molecule has 0 spiro atoms. The van der Waals surface area contributed by atoms with Gasteiger partial charge in [0.05, 0.1) is 0 Å². The third-order valence-corrected chi connectivity index (χ3v) is 0. The summed E-state index contributed by atoms with van der Waals surface area (Å²) >= 11 is 0. The monoisotopic (exact) mass is 119 g/mol. The molecular formula is AlOSiTi. The summed E-state index contributed by atoms with van der Waals surface area (Å²) in [6.07, 6.45) is 0. The summed E-state index contributed by atoms with van der Waals surface area (Å²) < 4.78 is 0. The van der Waals surface area contributed by atoms with Crippen molar-refractivity contribution in [3.63, 3.8) is 0 Å². The molecule has 1 nitrogen and oxygen atoms in total. The molecule has 0 aliphatic heterocycles. The largest absolute Gasteiger partial charge is 0 e. The van der Waals surface area contributed by atoms with Gasteiger partial charge in [0, 0.05) is 55.5 Å². The molecule has 0 aliphatic carbocycles. The van der Waals surface area contributed by atoms with Crippen LogP contribution in [0.25, 0.3) is 0 Å². The molecule has 0 bridgehead atoms. The second-order valence-corrected chi connectivity index (χ2v) is 0. The third kappa shape index (κ3) is 9.92. The van der Waals surface area contributed by atoms with E-state index >= 15 is 0 Å². The third-order valence-electron chi connectivity index (χ3n) is 0. The van der Waals surface area contributed by atoms with Crippen LogP contribution in [-0.4, -0.2) is 28.3 Å². The molecule has 0 aromatic carbocycles. The van der Waals surface area contributed by atoms with Gasteiger partial charge in [-0.15, -0.1) is 0 Å². The van der Waals surface area contributed by atoms with Gasteiger partial charge in [-0.2, -0.15) is 0 Å². The van der Waals surface area contributed by atoms with Crippen LogP contribution in [0.2, 0.25) is 0 Å². The molecule has 9 radical (unpaired) electrons. The number of hydrogen-bond donors (Lipinski definition) is 0. The molecule has 0 aromatic heterocycles. The molecular weight excluding hydrogens is 119 g/mol. The molecule has 0 fully saturated rings. The zero-order chi connectivity index (χ0) is 0. The van der Waals surface area contributed by atoms with E-state index in [0.717, 1.165) is 0 Å². The summed E-state index contributed by atoms with van der Waals surface area (Å²) in [5.74, 6) is 0. The van der Waals surface area contributed by atoms with Crippen LogP contribution in [0.3, 0.4) is 0 Å². The first-order valence-electron chi connectivity index (χ1n) is 0. The Morgan fingerprint density at radius 3 is 1.00 bits per heavy atom. The van der Waals surface area contributed by atoms with Crippen LogP contribution < -0.4 is 0 Å². The van der Waals surface area contributed by atoms with Crippen LogP contribution in [0.5, 0.6) is 0 Å². The van der Waals surface area contributed by atoms with Gasteiger partial charge >= 0.3 is 0 Å². The van der Waals surface area contributed by atoms with E-state index in [1.54, 1.807) is 0 Å². The standard InChI is InChI=1S/Al.O.Si.Ti. The molecule has 0 atom stereocenters. The summed E-state index contributed by atoms with van der Waals surface area (Å²) in [7, 11) is 0. The fourth-order valence-electron chi connectivity index (χ4n) is 0. The Kier molecular flexibility index (Phi) is 335. The van der Waals surface area contributed by atoms with Crippen LogP contribution in [0.1, 0.15) is 0 Å². The van der Waals surface area contributed by atoms with Gasteiger partial charge in [-0.3, -0.25) is 0 Å². The summed E-state index contributed by atoms with van der Waals surface area (Å²) in [5.41, 5.74) is 0. The molecule has 4 heteroatoms. The van der Waals surface area contributed by atoms with Crippen LogP contribution in [0.4, 0.5) is 0 Å². The Labute approximate surface area is 55.5 Å². The fraction of sp³-hybridized carbons (Fsp3) is 0. The Morgan fingerprint density at radius 2 is 1.00 bits per heavy atom. The number of rotatable bonds is 0. The Balaban J connectivity index is 0. The SMILES string of the molecule is [Al].[O].[Si].[Ti]. The molecule has 0 saturated heterocycles. The van der Waals surface area contributed by atoms with Gasteiger partial charge in [0.1, 0.15) is 0 Å². The quantitative estimate of drug-likeness (QED) is 0.370. The van der Waals surface area contributed by atoms with Crippen molar-refractivity contribution in [1.82, 2.24) is 0 Å². The average Bonchev–Trinajstić information content (AvgIpc) is 0. The molecule has 0 N–H and O–H groups in total. The maximum atomic E-state index is 0. The van der Waals surface area contributed by atoms with Gasteiger partial charge < -0.3 is 0 Å². The molecule has 0 saturated carbocycles. The molecule has 0 aliphatic rings. The van der Waals surface area contributed by atoms with Crippen molar-refractivity contribution in [2.24, 2.45) is 0 Å². The molecule has 17 valence electrons. The van der Waals surface area contributed by atoms with Crippen molar-refractivity contribution in [1.29, 1.82) is 0 Å². The van der Waals surface area contributed by atoms with E-state index < -0.39 is 0 Å². The van der Waals surface area contributed by atoms with Crippen molar-refractivity contribution in [2.45, 2.75) is 0 Å². The predicted octanol–water partition coefficient (Wildman–Crippen LogP) is -0.883. The van der Waals surface area contributed by atoms with Crippen LogP contribution in [0, 0.1) is 0 Å². The first-order chi connectivity index (χ1) is 0. The Morgan fingerprint density at radius 1 is 1.00 bits per heavy atom. The normalized spacial score (nSPS) is 0. The smallest absolute Gasteiger partial charge is 0 e. The van der Waals surface area contributed by atoms with E-state index in [2.05, 4.69) is 0 Å². The zero-order valence-corrected chi connectivity index (χ0v) is 5.70. The summed E-state index contributed by atoms with van der Waals surface area (Å²) in [6.45, 7) is 0. The second kappa shape index (κ2) is 25.6. The van der Waals surface area contributed by atoms with E-state index in [0.29, 0.717) is 0 Å². The predicted molar refractivity (Wildman–Crippen MR) is 12.2 cm³/mol. The van der Waals surface area contributed by atoms with Crippen molar-refractivity contribution in [3.8, 4) is 0 Å². The first-order valence-corrected chi connectivity index (χ1v) is 0. The Bertz CT molecular complexity index is 8.00. The van der Waals surface area contributed by atoms with Gasteiger partial charge in [-0.25, -0.2) is 0 Å².